The summed E-state index contributed by atoms with van der Waals surface area (Å²) in [7, 11) is 0. The van der Waals surface area contributed by atoms with Gasteiger partial charge in [-0.3, -0.25) is 10.1 Å². The van der Waals surface area contributed by atoms with E-state index in [4.69, 9.17) is 40.2 Å². The van der Waals surface area contributed by atoms with Gasteiger partial charge in [0, 0.05) is 16.3 Å². The molecule has 0 atom stereocenters. The second-order valence-corrected chi connectivity index (χ2v) is 8.23. The van der Waals surface area contributed by atoms with Crippen molar-refractivity contribution < 1.29 is 9.53 Å². The average molecular weight is 485 g/mol. The van der Waals surface area contributed by atoms with E-state index < -0.39 is 5.91 Å². The molecule has 0 spiro atoms. The Kier molecular flexibility index (Phi) is 6.60. The molecule has 1 heterocycles. The molecule has 6 nitrogen and oxygen atoms in total. The predicted octanol–water partition coefficient (Wildman–Crippen LogP) is 5.74. The summed E-state index contributed by atoms with van der Waals surface area (Å²) >= 11 is 17.4. The van der Waals surface area contributed by atoms with Gasteiger partial charge in [0.15, 0.2) is 11.7 Å². The molecule has 1 amide bonds. The van der Waals surface area contributed by atoms with Crippen LogP contribution in [0.15, 0.2) is 60.7 Å². The van der Waals surface area contributed by atoms with Crippen molar-refractivity contribution in [2.24, 2.45) is 0 Å². The second-order valence-electron chi connectivity index (χ2n) is 7.00. The van der Waals surface area contributed by atoms with Crippen molar-refractivity contribution in [2.75, 3.05) is 11.9 Å². The van der Waals surface area contributed by atoms with Crippen LogP contribution < -0.4 is 15.4 Å². The maximum Gasteiger partial charge on any atom is 0.264 e. The number of carbonyl (C=O) groups excluding carboxylic acids is 1. The highest BCUT2D eigenvalue weighted by Gasteiger charge is 2.10. The van der Waals surface area contributed by atoms with Crippen molar-refractivity contribution in [1.82, 2.24) is 15.3 Å². The van der Waals surface area contributed by atoms with Crippen LogP contribution in [0.4, 0.5) is 5.69 Å². The number of H-pyrrole nitrogens is 1. The van der Waals surface area contributed by atoms with Crippen LogP contribution >= 0.6 is 35.4 Å². The molecule has 162 valence electrons. The Balaban J connectivity index is 1.34. The number of rotatable bonds is 5. The van der Waals surface area contributed by atoms with E-state index >= 15 is 0 Å². The van der Waals surface area contributed by atoms with Crippen LogP contribution in [-0.2, 0) is 4.79 Å². The van der Waals surface area contributed by atoms with Gasteiger partial charge in [-0.2, -0.15) is 0 Å². The van der Waals surface area contributed by atoms with Crippen molar-refractivity contribution >= 4 is 63.2 Å². The molecule has 0 bridgehead atoms. The summed E-state index contributed by atoms with van der Waals surface area (Å²) in [4.78, 5) is 20.0. The number of nitrogens with one attached hydrogen (secondary N) is 3. The Hall–Kier alpha value is -3.13. The fourth-order valence-corrected chi connectivity index (χ4v) is 3.60. The number of anilines is 1. The lowest BCUT2D eigenvalue weighted by molar-refractivity contribution is -0.121. The van der Waals surface area contributed by atoms with Crippen molar-refractivity contribution in [3.63, 3.8) is 0 Å². The first-order chi connectivity index (χ1) is 15.4. The van der Waals surface area contributed by atoms with Gasteiger partial charge >= 0.3 is 0 Å². The van der Waals surface area contributed by atoms with Gasteiger partial charge in [0.05, 0.1) is 16.1 Å². The van der Waals surface area contributed by atoms with Gasteiger partial charge < -0.3 is 15.0 Å². The van der Waals surface area contributed by atoms with E-state index in [1.54, 1.807) is 24.3 Å². The molecule has 4 aromatic rings. The monoisotopic (exact) mass is 484 g/mol. The third kappa shape index (κ3) is 5.19. The number of hydrogen-bond acceptors (Lipinski definition) is 4. The molecule has 0 saturated heterocycles. The van der Waals surface area contributed by atoms with Crippen LogP contribution in [0, 0.1) is 6.92 Å². The molecular weight excluding hydrogens is 467 g/mol. The smallest absolute Gasteiger partial charge is 0.264 e. The maximum atomic E-state index is 12.1. The Morgan fingerprint density at radius 3 is 2.59 bits per heavy atom. The third-order valence-corrected chi connectivity index (χ3v) is 5.55. The van der Waals surface area contributed by atoms with Gasteiger partial charge in [0.25, 0.3) is 5.91 Å². The molecular formula is C23H18Cl2N4O2S. The summed E-state index contributed by atoms with van der Waals surface area (Å²) in [5.74, 6) is 0.776. The van der Waals surface area contributed by atoms with E-state index in [-0.39, 0.29) is 11.7 Å². The minimum absolute atomic E-state index is 0.166. The molecule has 3 aromatic carbocycles. The molecule has 1 aromatic heterocycles. The zero-order valence-electron chi connectivity index (χ0n) is 16.9. The van der Waals surface area contributed by atoms with Gasteiger partial charge in [-0.05, 0) is 73.2 Å². The molecule has 0 aliphatic heterocycles. The number of fused-ring (bicyclic) bond motifs is 1. The SMILES string of the molecule is Cc1cc2[nH]c(-c3ccc(NC(=S)NC(=O)COc4ccccc4Cl)cc3)nc2cc1Cl. The van der Waals surface area contributed by atoms with Gasteiger partial charge in [-0.25, -0.2) is 4.98 Å². The first-order valence-corrected chi connectivity index (χ1v) is 10.8. The zero-order chi connectivity index (χ0) is 22.7. The lowest BCUT2D eigenvalue weighted by Gasteiger charge is -2.11. The van der Waals surface area contributed by atoms with E-state index in [9.17, 15) is 4.79 Å². The number of ether oxygens (including phenoxy) is 1. The fraction of sp³-hybridized carbons (Fsp3) is 0.0870. The molecule has 0 saturated carbocycles. The van der Waals surface area contributed by atoms with E-state index in [1.165, 1.54) is 0 Å². The molecule has 32 heavy (non-hydrogen) atoms. The summed E-state index contributed by atoms with van der Waals surface area (Å²) in [5.41, 5.74) is 4.35. The van der Waals surface area contributed by atoms with Crippen molar-refractivity contribution in [3.8, 4) is 17.1 Å². The van der Waals surface area contributed by atoms with Crippen LogP contribution in [0.2, 0.25) is 10.0 Å². The first kappa shape index (κ1) is 22.1. The summed E-state index contributed by atoms with van der Waals surface area (Å²) in [5, 5.41) is 6.83. The number of aromatic nitrogens is 2. The second kappa shape index (κ2) is 9.56. The van der Waals surface area contributed by atoms with Gasteiger partial charge in [-0.15, -0.1) is 0 Å². The van der Waals surface area contributed by atoms with Crippen molar-refractivity contribution in [3.05, 3.63) is 76.3 Å². The highest BCUT2D eigenvalue weighted by molar-refractivity contribution is 7.80. The number of amides is 1. The van der Waals surface area contributed by atoms with Crippen LogP contribution in [0.25, 0.3) is 22.4 Å². The highest BCUT2D eigenvalue weighted by Crippen LogP contribution is 2.26. The molecule has 9 heteroatoms. The number of aryl methyl sites for hydroxylation is 1. The van der Waals surface area contributed by atoms with Crippen LogP contribution in [-0.4, -0.2) is 27.6 Å². The van der Waals surface area contributed by atoms with Gasteiger partial charge in [-0.1, -0.05) is 35.3 Å². The Morgan fingerprint density at radius 2 is 1.84 bits per heavy atom. The lowest BCUT2D eigenvalue weighted by Crippen LogP contribution is -2.37. The minimum Gasteiger partial charge on any atom is -0.482 e. The van der Waals surface area contributed by atoms with Crippen LogP contribution in [0.1, 0.15) is 5.56 Å². The molecule has 0 fully saturated rings. The van der Waals surface area contributed by atoms with Crippen LogP contribution in [0.3, 0.4) is 0 Å². The number of nitrogens with zero attached hydrogens (tertiary/aromatic N) is 1. The number of para-hydroxylation sites is 1. The fourth-order valence-electron chi connectivity index (χ4n) is 3.02. The molecule has 3 N–H and O–H groups in total. The van der Waals surface area contributed by atoms with Gasteiger partial charge in [0.2, 0.25) is 0 Å². The Morgan fingerprint density at radius 1 is 1.09 bits per heavy atom. The van der Waals surface area contributed by atoms with Gasteiger partial charge in [0.1, 0.15) is 11.6 Å². The normalized spacial score (nSPS) is 10.7. The van der Waals surface area contributed by atoms with Crippen LogP contribution in [0.5, 0.6) is 5.75 Å². The van der Waals surface area contributed by atoms with Crippen molar-refractivity contribution in [2.45, 2.75) is 6.92 Å². The molecule has 0 radical (unpaired) electrons. The standard InChI is InChI=1S/C23H18Cl2N4O2S/c1-13-10-18-19(11-17(13)25)28-22(27-18)14-6-8-15(9-7-14)26-23(32)29-21(30)12-31-20-5-3-2-4-16(20)24/h2-11H,12H2,1H3,(H,27,28)(H2,26,29,30,32). The zero-order valence-corrected chi connectivity index (χ0v) is 19.2. The molecule has 0 unspecified atom stereocenters. The Bertz CT molecular complexity index is 1270. The average Bonchev–Trinajstić information content (AvgIpc) is 3.16. The molecule has 4 rings (SSSR count). The number of thiocarbonyl (C=S) groups is 1. The predicted molar refractivity (Wildman–Crippen MR) is 133 cm³/mol. The number of benzene rings is 3. The number of imidazole rings is 1. The lowest BCUT2D eigenvalue weighted by atomic mass is 10.2. The summed E-state index contributed by atoms with van der Waals surface area (Å²) < 4.78 is 5.40. The quantitative estimate of drug-likeness (QED) is 0.315. The third-order valence-electron chi connectivity index (χ3n) is 4.63. The van der Waals surface area contributed by atoms with E-state index in [1.807, 2.05) is 43.3 Å². The summed E-state index contributed by atoms with van der Waals surface area (Å²) in [6.45, 7) is 1.74. The summed E-state index contributed by atoms with van der Waals surface area (Å²) in [6.07, 6.45) is 0. The topological polar surface area (TPSA) is 79.0 Å². The number of hydrogen-bond donors (Lipinski definition) is 3. The van der Waals surface area contributed by atoms with E-state index in [2.05, 4.69) is 20.6 Å². The maximum absolute atomic E-state index is 12.1. The highest BCUT2D eigenvalue weighted by atomic mass is 35.5. The Labute approximate surface area is 199 Å². The molecule has 0 aliphatic carbocycles. The first-order valence-electron chi connectivity index (χ1n) is 9.63. The van der Waals surface area contributed by atoms with E-state index in [0.717, 1.165) is 33.7 Å². The largest absolute Gasteiger partial charge is 0.482 e. The number of halogens is 2. The van der Waals surface area contributed by atoms with Crippen molar-refractivity contribution in [1.29, 1.82) is 0 Å². The number of carbonyl (C=O) groups is 1. The molecule has 0 aliphatic rings. The number of aromatic amines is 1. The summed E-state index contributed by atoms with van der Waals surface area (Å²) in [6, 6.07) is 18.2. The van der Waals surface area contributed by atoms with E-state index in [0.29, 0.717) is 15.8 Å². The minimum atomic E-state index is -0.393.